The first kappa shape index (κ1) is 5.82. The molecule has 0 spiro atoms. The van der Waals surface area contributed by atoms with Gasteiger partial charge in [-0.2, -0.15) is 0 Å². The van der Waals surface area contributed by atoms with Gasteiger partial charge >= 0.3 is 0 Å². The standard InChI is InChI=1S/C9H11N.ClH/c10-9-3-1-2-4-5(3)8(9)6(4)7(2)9;/h2-8H,1,10H2;1H. The zero-order valence-electron chi connectivity index (χ0n) is 6.23. The highest BCUT2D eigenvalue weighted by atomic mass is 35.5. The molecular formula is C9H12ClN. The number of nitrogens with two attached hydrogens (primary N) is 1. The molecule has 0 saturated heterocycles. The Hall–Kier alpha value is 0.250. The van der Waals surface area contributed by atoms with Gasteiger partial charge in [0.1, 0.15) is 0 Å². The Bertz CT molecular complexity index is 269. The molecule has 6 aliphatic carbocycles. The van der Waals surface area contributed by atoms with E-state index in [0.717, 1.165) is 29.6 Å². The molecule has 1 nitrogen and oxygen atoms in total. The van der Waals surface area contributed by atoms with Crippen LogP contribution in [0.3, 0.4) is 0 Å². The summed E-state index contributed by atoms with van der Waals surface area (Å²) < 4.78 is 0. The van der Waals surface area contributed by atoms with Gasteiger partial charge in [-0.15, -0.1) is 12.4 Å². The molecule has 2 bridgehead atoms. The van der Waals surface area contributed by atoms with E-state index in [0.29, 0.717) is 5.54 Å². The second kappa shape index (κ2) is 1.10. The molecule has 8 atom stereocenters. The van der Waals surface area contributed by atoms with Crippen LogP contribution in [0.2, 0.25) is 0 Å². The molecule has 0 aliphatic heterocycles. The lowest BCUT2D eigenvalue weighted by Gasteiger charge is -2.89. The summed E-state index contributed by atoms with van der Waals surface area (Å²) in [6.45, 7) is 0. The van der Waals surface area contributed by atoms with Crippen molar-refractivity contribution >= 4 is 12.4 Å². The third-order valence-corrected chi connectivity index (χ3v) is 5.88. The van der Waals surface area contributed by atoms with Crippen LogP contribution in [0.25, 0.3) is 0 Å². The molecule has 0 aromatic rings. The molecule has 6 fully saturated rings. The lowest BCUT2D eigenvalue weighted by atomic mass is 9.17. The van der Waals surface area contributed by atoms with Gasteiger partial charge in [0, 0.05) is 5.54 Å². The number of halogens is 1. The fourth-order valence-corrected chi connectivity index (χ4v) is 5.92. The smallest absolute Gasteiger partial charge is 0.0254 e. The monoisotopic (exact) mass is 169 g/mol. The third-order valence-electron chi connectivity index (χ3n) is 5.88. The molecule has 0 heterocycles. The SMILES string of the molecule is Cl.NC12C3CC4C5C3C1C5C42. The minimum atomic E-state index is 0. The highest BCUT2D eigenvalue weighted by Crippen LogP contribution is 2.95. The molecule has 2 N–H and O–H groups in total. The summed E-state index contributed by atoms with van der Waals surface area (Å²) in [5, 5.41) is 0. The van der Waals surface area contributed by atoms with Gasteiger partial charge in [0.15, 0.2) is 0 Å². The summed E-state index contributed by atoms with van der Waals surface area (Å²) in [5.41, 5.74) is 6.78. The molecule has 0 radical (unpaired) electrons. The molecule has 2 heteroatoms. The van der Waals surface area contributed by atoms with Crippen LogP contribution >= 0.6 is 12.4 Å². The molecule has 8 unspecified atom stereocenters. The first-order valence-electron chi connectivity index (χ1n) is 4.64. The Morgan fingerprint density at radius 3 is 2.36 bits per heavy atom. The zero-order chi connectivity index (χ0) is 6.25. The fourth-order valence-electron chi connectivity index (χ4n) is 5.92. The summed E-state index contributed by atoms with van der Waals surface area (Å²) in [5.74, 6) is 7.77. The van der Waals surface area contributed by atoms with E-state index in [1.807, 2.05) is 0 Å². The van der Waals surface area contributed by atoms with Crippen molar-refractivity contribution in [3.8, 4) is 0 Å². The second-order valence-electron chi connectivity index (χ2n) is 5.29. The number of rotatable bonds is 0. The molecule has 6 saturated carbocycles. The predicted octanol–water partition coefficient (Wildman–Crippen LogP) is 0.877. The quantitative estimate of drug-likeness (QED) is 0.573. The average Bonchev–Trinajstić information content (AvgIpc) is 2.18. The van der Waals surface area contributed by atoms with E-state index in [-0.39, 0.29) is 12.4 Å². The molecule has 6 rings (SSSR count). The van der Waals surface area contributed by atoms with Crippen LogP contribution in [0.4, 0.5) is 0 Å². The Morgan fingerprint density at radius 2 is 1.91 bits per heavy atom. The van der Waals surface area contributed by atoms with Gasteiger partial charge in [0.25, 0.3) is 0 Å². The van der Waals surface area contributed by atoms with Crippen molar-refractivity contribution in [3.05, 3.63) is 0 Å². The summed E-state index contributed by atoms with van der Waals surface area (Å²) in [6.07, 6.45) is 1.53. The zero-order valence-corrected chi connectivity index (χ0v) is 7.05. The maximum absolute atomic E-state index is 6.34. The van der Waals surface area contributed by atoms with E-state index in [4.69, 9.17) is 5.73 Å². The van der Waals surface area contributed by atoms with Gasteiger partial charge in [-0.25, -0.2) is 0 Å². The highest BCUT2D eigenvalue weighted by molar-refractivity contribution is 5.85. The van der Waals surface area contributed by atoms with Crippen molar-refractivity contribution in [2.75, 3.05) is 0 Å². The van der Waals surface area contributed by atoms with E-state index in [2.05, 4.69) is 0 Å². The molecule has 6 aliphatic rings. The Kier molecular flexibility index (Phi) is 0.581. The number of hydrogen-bond donors (Lipinski definition) is 1. The minimum Gasteiger partial charge on any atom is -0.324 e. The van der Waals surface area contributed by atoms with Gasteiger partial charge in [0.05, 0.1) is 0 Å². The topological polar surface area (TPSA) is 26.0 Å². The Labute approximate surface area is 72.1 Å². The van der Waals surface area contributed by atoms with Gasteiger partial charge in [-0.05, 0) is 47.8 Å². The maximum atomic E-state index is 6.34. The first-order chi connectivity index (χ1) is 4.85. The van der Waals surface area contributed by atoms with E-state index >= 15 is 0 Å². The average molecular weight is 170 g/mol. The van der Waals surface area contributed by atoms with Crippen molar-refractivity contribution in [3.63, 3.8) is 0 Å². The van der Waals surface area contributed by atoms with Gasteiger partial charge in [-0.1, -0.05) is 0 Å². The molecule has 60 valence electrons. The van der Waals surface area contributed by atoms with Crippen molar-refractivity contribution in [2.24, 2.45) is 47.2 Å². The van der Waals surface area contributed by atoms with Crippen molar-refractivity contribution < 1.29 is 0 Å². The van der Waals surface area contributed by atoms with E-state index in [1.54, 1.807) is 0 Å². The van der Waals surface area contributed by atoms with Gasteiger partial charge in [-0.3, -0.25) is 0 Å². The molecular weight excluding hydrogens is 158 g/mol. The second-order valence-corrected chi connectivity index (χ2v) is 5.29. The van der Waals surface area contributed by atoms with E-state index in [9.17, 15) is 0 Å². The van der Waals surface area contributed by atoms with Crippen LogP contribution < -0.4 is 5.73 Å². The lowest BCUT2D eigenvalue weighted by Crippen LogP contribution is -2.94. The van der Waals surface area contributed by atoms with Crippen molar-refractivity contribution in [1.29, 1.82) is 0 Å². The van der Waals surface area contributed by atoms with Crippen molar-refractivity contribution in [1.82, 2.24) is 0 Å². The van der Waals surface area contributed by atoms with Gasteiger partial charge < -0.3 is 5.73 Å². The fraction of sp³-hybridized carbons (Fsp3) is 1.00. The first-order valence-corrected chi connectivity index (χ1v) is 4.64. The Balaban J connectivity index is 0.000000392. The summed E-state index contributed by atoms with van der Waals surface area (Å²) >= 11 is 0. The van der Waals surface area contributed by atoms with Crippen LogP contribution in [0.5, 0.6) is 0 Å². The van der Waals surface area contributed by atoms with E-state index in [1.165, 1.54) is 18.3 Å². The highest BCUT2D eigenvalue weighted by Gasteiger charge is 2.96. The van der Waals surface area contributed by atoms with Crippen LogP contribution in [0, 0.1) is 41.4 Å². The normalized spacial score (nSPS) is 88.6. The van der Waals surface area contributed by atoms with Gasteiger partial charge in [0.2, 0.25) is 0 Å². The van der Waals surface area contributed by atoms with Crippen LogP contribution in [0.15, 0.2) is 0 Å². The lowest BCUT2D eigenvalue weighted by molar-refractivity contribution is -0.390. The summed E-state index contributed by atoms with van der Waals surface area (Å²) in [7, 11) is 0. The summed E-state index contributed by atoms with van der Waals surface area (Å²) in [6, 6.07) is 0. The number of hydrogen-bond acceptors (Lipinski definition) is 1. The van der Waals surface area contributed by atoms with Crippen LogP contribution in [-0.4, -0.2) is 5.54 Å². The molecule has 11 heavy (non-hydrogen) atoms. The molecule has 0 amide bonds. The Morgan fingerprint density at radius 1 is 1.09 bits per heavy atom. The summed E-state index contributed by atoms with van der Waals surface area (Å²) in [4.78, 5) is 0. The van der Waals surface area contributed by atoms with Crippen molar-refractivity contribution in [2.45, 2.75) is 12.0 Å². The largest absolute Gasteiger partial charge is 0.324 e. The van der Waals surface area contributed by atoms with Crippen LogP contribution in [0.1, 0.15) is 6.42 Å². The maximum Gasteiger partial charge on any atom is 0.0254 e. The third kappa shape index (κ3) is 0.237. The van der Waals surface area contributed by atoms with Crippen LogP contribution in [-0.2, 0) is 0 Å². The minimum absolute atomic E-state index is 0. The predicted molar refractivity (Wildman–Crippen MR) is 43.2 cm³/mol. The molecule has 0 aromatic carbocycles. The van der Waals surface area contributed by atoms with E-state index < -0.39 is 0 Å². The molecule has 0 aromatic heterocycles.